The monoisotopic (exact) mass is 307 g/mol. The Morgan fingerprint density at radius 3 is 2.59 bits per heavy atom. The number of carboxylic acid groups (broad SMARTS) is 1. The van der Waals surface area contributed by atoms with Crippen molar-refractivity contribution in [3.05, 3.63) is 35.6 Å². The molecule has 0 aromatic heterocycles. The summed E-state index contributed by atoms with van der Waals surface area (Å²) in [5, 5.41) is 12.2. The Bertz CT molecular complexity index is 553. The minimum absolute atomic E-state index is 0.151. The number of amides is 1. The van der Waals surface area contributed by atoms with Crippen molar-refractivity contribution in [2.24, 2.45) is 0 Å². The molecule has 1 aliphatic rings. The Morgan fingerprint density at radius 1 is 1.32 bits per heavy atom. The van der Waals surface area contributed by atoms with Crippen LogP contribution in [-0.2, 0) is 9.59 Å². The number of rotatable bonds is 5. The first kappa shape index (κ1) is 16.5. The third-order valence-corrected chi connectivity index (χ3v) is 4.40. The Balaban J connectivity index is 2.00. The highest BCUT2D eigenvalue weighted by Crippen LogP contribution is 2.29. The van der Waals surface area contributed by atoms with Crippen molar-refractivity contribution in [2.45, 2.75) is 56.9 Å². The van der Waals surface area contributed by atoms with Crippen molar-refractivity contribution in [1.82, 2.24) is 5.32 Å². The minimum atomic E-state index is -1.13. The first-order valence-electron chi connectivity index (χ1n) is 7.73. The second kappa shape index (κ2) is 6.90. The van der Waals surface area contributed by atoms with Crippen LogP contribution in [0.25, 0.3) is 0 Å². The molecule has 22 heavy (non-hydrogen) atoms. The average Bonchev–Trinajstić information content (AvgIpc) is 2.47. The SMILES string of the molecule is CC(CC(=O)NC1(C(=O)O)CCCCC1)c1cccc(F)c1. The molecule has 2 rings (SSSR count). The minimum Gasteiger partial charge on any atom is -0.480 e. The molecule has 1 aliphatic carbocycles. The van der Waals surface area contributed by atoms with E-state index in [2.05, 4.69) is 5.32 Å². The summed E-state index contributed by atoms with van der Waals surface area (Å²) in [5.74, 6) is -1.75. The highest BCUT2D eigenvalue weighted by atomic mass is 19.1. The third kappa shape index (κ3) is 3.84. The molecule has 2 N–H and O–H groups in total. The van der Waals surface area contributed by atoms with Gasteiger partial charge in [-0.2, -0.15) is 0 Å². The van der Waals surface area contributed by atoms with Crippen LogP contribution in [0.1, 0.15) is 56.9 Å². The molecule has 0 heterocycles. The van der Waals surface area contributed by atoms with Gasteiger partial charge in [0, 0.05) is 6.42 Å². The van der Waals surface area contributed by atoms with Crippen LogP contribution in [0.4, 0.5) is 4.39 Å². The maximum atomic E-state index is 13.2. The van der Waals surface area contributed by atoms with Crippen molar-refractivity contribution in [3.8, 4) is 0 Å². The number of carbonyl (C=O) groups excluding carboxylic acids is 1. The van der Waals surface area contributed by atoms with Crippen LogP contribution in [0, 0.1) is 5.82 Å². The normalized spacial score (nSPS) is 18.5. The molecular weight excluding hydrogens is 285 g/mol. The first-order chi connectivity index (χ1) is 10.4. The van der Waals surface area contributed by atoms with Crippen LogP contribution in [0.15, 0.2) is 24.3 Å². The average molecular weight is 307 g/mol. The molecule has 0 spiro atoms. The van der Waals surface area contributed by atoms with E-state index in [0.29, 0.717) is 12.8 Å². The number of halogens is 1. The van der Waals surface area contributed by atoms with Crippen molar-refractivity contribution in [3.63, 3.8) is 0 Å². The zero-order valence-corrected chi connectivity index (χ0v) is 12.8. The lowest BCUT2D eigenvalue weighted by molar-refractivity contribution is -0.149. The maximum absolute atomic E-state index is 13.2. The fourth-order valence-corrected chi connectivity index (χ4v) is 3.07. The molecule has 4 nitrogen and oxygen atoms in total. The van der Waals surface area contributed by atoms with Crippen molar-refractivity contribution >= 4 is 11.9 Å². The molecule has 120 valence electrons. The molecule has 5 heteroatoms. The van der Waals surface area contributed by atoms with Crippen molar-refractivity contribution in [1.29, 1.82) is 0 Å². The van der Waals surface area contributed by atoms with Gasteiger partial charge in [-0.3, -0.25) is 4.79 Å². The number of benzene rings is 1. The summed E-state index contributed by atoms with van der Waals surface area (Å²) in [5.41, 5.74) is -0.389. The van der Waals surface area contributed by atoms with Crippen LogP contribution >= 0.6 is 0 Å². The van der Waals surface area contributed by atoms with Crippen LogP contribution in [0.5, 0.6) is 0 Å². The summed E-state index contributed by atoms with van der Waals surface area (Å²) in [4.78, 5) is 23.8. The van der Waals surface area contributed by atoms with E-state index in [-0.39, 0.29) is 24.1 Å². The highest BCUT2D eigenvalue weighted by molar-refractivity contribution is 5.87. The predicted molar refractivity (Wildman–Crippen MR) is 81.0 cm³/mol. The Morgan fingerprint density at radius 2 is 2.00 bits per heavy atom. The second-order valence-electron chi connectivity index (χ2n) is 6.16. The van der Waals surface area contributed by atoms with Gasteiger partial charge in [0.1, 0.15) is 11.4 Å². The molecule has 0 radical (unpaired) electrons. The number of aliphatic carboxylic acids is 1. The number of hydrogen-bond acceptors (Lipinski definition) is 2. The van der Waals surface area contributed by atoms with E-state index in [0.717, 1.165) is 24.8 Å². The summed E-state index contributed by atoms with van der Waals surface area (Å²) in [6, 6.07) is 6.15. The molecule has 0 saturated heterocycles. The summed E-state index contributed by atoms with van der Waals surface area (Å²) in [6.45, 7) is 1.84. The lowest BCUT2D eigenvalue weighted by Gasteiger charge is -2.34. The molecule has 1 saturated carbocycles. The van der Waals surface area contributed by atoms with E-state index in [9.17, 15) is 19.1 Å². The zero-order valence-electron chi connectivity index (χ0n) is 12.8. The Hall–Kier alpha value is -1.91. The Labute approximate surface area is 129 Å². The number of carbonyl (C=O) groups is 2. The fourth-order valence-electron chi connectivity index (χ4n) is 3.07. The lowest BCUT2D eigenvalue weighted by atomic mass is 9.81. The standard InChI is InChI=1S/C17H22FNO3/c1-12(13-6-5-7-14(18)11-13)10-15(20)19-17(16(21)22)8-3-2-4-9-17/h5-7,11-12H,2-4,8-10H2,1H3,(H,19,20)(H,21,22). The molecule has 0 bridgehead atoms. The van der Waals surface area contributed by atoms with Gasteiger partial charge in [0.2, 0.25) is 5.91 Å². The number of hydrogen-bond donors (Lipinski definition) is 2. The summed E-state index contributed by atoms with van der Waals surface area (Å²) in [7, 11) is 0. The van der Waals surface area contributed by atoms with E-state index >= 15 is 0 Å². The molecule has 0 aliphatic heterocycles. The molecule has 1 aromatic rings. The van der Waals surface area contributed by atoms with Gasteiger partial charge in [0.25, 0.3) is 0 Å². The van der Waals surface area contributed by atoms with Crippen LogP contribution in [0.3, 0.4) is 0 Å². The van der Waals surface area contributed by atoms with E-state index in [1.807, 2.05) is 6.92 Å². The second-order valence-corrected chi connectivity index (χ2v) is 6.16. The van der Waals surface area contributed by atoms with Gasteiger partial charge in [-0.05, 0) is 36.5 Å². The van der Waals surface area contributed by atoms with Crippen LogP contribution in [0.2, 0.25) is 0 Å². The van der Waals surface area contributed by atoms with E-state index in [1.54, 1.807) is 12.1 Å². The Kier molecular flexibility index (Phi) is 5.16. The highest BCUT2D eigenvalue weighted by Gasteiger charge is 2.40. The number of carboxylic acids is 1. The molecule has 1 atom stereocenters. The van der Waals surface area contributed by atoms with Crippen LogP contribution < -0.4 is 5.32 Å². The predicted octanol–water partition coefficient (Wildman–Crippen LogP) is 3.22. The first-order valence-corrected chi connectivity index (χ1v) is 7.73. The van der Waals surface area contributed by atoms with E-state index in [1.165, 1.54) is 12.1 Å². The summed E-state index contributed by atoms with van der Waals surface area (Å²) >= 11 is 0. The van der Waals surface area contributed by atoms with Gasteiger partial charge >= 0.3 is 5.97 Å². The third-order valence-electron chi connectivity index (χ3n) is 4.40. The molecule has 1 aromatic carbocycles. The number of nitrogens with one attached hydrogen (secondary N) is 1. The molecule has 1 unspecified atom stereocenters. The molecule has 1 amide bonds. The smallest absolute Gasteiger partial charge is 0.329 e. The molecular formula is C17H22FNO3. The van der Waals surface area contributed by atoms with Gasteiger partial charge < -0.3 is 10.4 Å². The van der Waals surface area contributed by atoms with Crippen molar-refractivity contribution in [2.75, 3.05) is 0 Å². The van der Waals surface area contributed by atoms with Gasteiger partial charge in [0.15, 0.2) is 0 Å². The summed E-state index contributed by atoms with van der Waals surface area (Å²) in [6.07, 6.45) is 3.73. The zero-order chi connectivity index (χ0) is 16.2. The van der Waals surface area contributed by atoms with Crippen LogP contribution in [-0.4, -0.2) is 22.5 Å². The summed E-state index contributed by atoms with van der Waals surface area (Å²) < 4.78 is 13.2. The van der Waals surface area contributed by atoms with Gasteiger partial charge in [-0.15, -0.1) is 0 Å². The van der Waals surface area contributed by atoms with Gasteiger partial charge in [-0.25, -0.2) is 9.18 Å². The van der Waals surface area contributed by atoms with Gasteiger partial charge in [-0.1, -0.05) is 38.3 Å². The van der Waals surface area contributed by atoms with Gasteiger partial charge in [0.05, 0.1) is 0 Å². The van der Waals surface area contributed by atoms with E-state index in [4.69, 9.17) is 0 Å². The topological polar surface area (TPSA) is 66.4 Å². The fraction of sp³-hybridized carbons (Fsp3) is 0.529. The maximum Gasteiger partial charge on any atom is 0.329 e. The largest absolute Gasteiger partial charge is 0.480 e. The quantitative estimate of drug-likeness (QED) is 0.877. The van der Waals surface area contributed by atoms with E-state index < -0.39 is 11.5 Å². The van der Waals surface area contributed by atoms with Crippen molar-refractivity contribution < 1.29 is 19.1 Å². The lowest BCUT2D eigenvalue weighted by Crippen LogP contribution is -2.55. The molecule has 1 fully saturated rings.